The van der Waals surface area contributed by atoms with Gasteiger partial charge in [0.1, 0.15) is 28.9 Å². The summed E-state index contributed by atoms with van der Waals surface area (Å²) in [5.41, 5.74) is 1.21. The third-order valence-corrected chi connectivity index (χ3v) is 5.23. The van der Waals surface area contributed by atoms with E-state index in [-0.39, 0.29) is 11.9 Å². The lowest BCUT2D eigenvalue weighted by atomic mass is 10.1. The number of hydrogen-bond donors (Lipinski definition) is 0. The summed E-state index contributed by atoms with van der Waals surface area (Å²) in [6, 6.07) is 12.4. The molecular weight excluding hydrogens is 386 g/mol. The van der Waals surface area contributed by atoms with Crippen LogP contribution in [0.5, 0.6) is 17.2 Å². The first-order valence-corrected chi connectivity index (χ1v) is 9.66. The number of methoxy groups -OCH3 is 3. The maximum Gasteiger partial charge on any atom is 0.262 e. The normalized spacial score (nSPS) is 15.8. The average molecular weight is 409 g/mol. The van der Waals surface area contributed by atoms with Crippen molar-refractivity contribution in [3.8, 4) is 28.6 Å². The maximum atomic E-state index is 13.4. The lowest BCUT2D eigenvalue weighted by Gasteiger charge is -2.23. The van der Waals surface area contributed by atoms with Crippen molar-refractivity contribution in [2.75, 3.05) is 27.9 Å². The summed E-state index contributed by atoms with van der Waals surface area (Å²) in [4.78, 5) is 19.7. The van der Waals surface area contributed by atoms with Gasteiger partial charge in [0.2, 0.25) is 11.7 Å². The molecule has 0 radical (unpaired) electrons. The fraction of sp³-hybridized carbons (Fsp3) is 0.318. The highest BCUT2D eigenvalue weighted by Gasteiger charge is 2.36. The monoisotopic (exact) mass is 409 g/mol. The van der Waals surface area contributed by atoms with E-state index in [2.05, 4.69) is 10.1 Å². The molecule has 1 aromatic heterocycles. The lowest BCUT2D eigenvalue weighted by Crippen LogP contribution is -2.31. The summed E-state index contributed by atoms with van der Waals surface area (Å²) >= 11 is 0. The van der Waals surface area contributed by atoms with Gasteiger partial charge in [0, 0.05) is 12.1 Å². The van der Waals surface area contributed by atoms with E-state index < -0.39 is 0 Å². The van der Waals surface area contributed by atoms with Crippen molar-refractivity contribution in [3.63, 3.8) is 0 Å². The molecule has 1 fully saturated rings. The van der Waals surface area contributed by atoms with Crippen molar-refractivity contribution in [1.82, 2.24) is 15.0 Å². The maximum absolute atomic E-state index is 13.4. The lowest BCUT2D eigenvalue weighted by molar-refractivity contribution is 0.0703. The summed E-state index contributed by atoms with van der Waals surface area (Å²) in [6.07, 6.45) is 1.58. The number of amides is 1. The van der Waals surface area contributed by atoms with Crippen molar-refractivity contribution < 1.29 is 23.5 Å². The molecule has 8 nitrogen and oxygen atoms in total. The molecule has 2 heterocycles. The fourth-order valence-electron chi connectivity index (χ4n) is 3.70. The summed E-state index contributed by atoms with van der Waals surface area (Å²) in [6.45, 7) is 0.588. The van der Waals surface area contributed by atoms with Gasteiger partial charge in [-0.2, -0.15) is 4.98 Å². The van der Waals surface area contributed by atoms with Crippen LogP contribution in [-0.2, 0) is 0 Å². The van der Waals surface area contributed by atoms with Gasteiger partial charge in [-0.25, -0.2) is 0 Å². The first-order valence-electron chi connectivity index (χ1n) is 9.66. The number of benzene rings is 2. The topological polar surface area (TPSA) is 86.9 Å². The van der Waals surface area contributed by atoms with Crippen molar-refractivity contribution in [2.24, 2.45) is 0 Å². The first kappa shape index (κ1) is 19.8. The number of rotatable bonds is 6. The SMILES string of the molecule is COc1ccc(-c2noc(C3CCCN3C(=O)c3c(OC)cccc3OC)n2)cc1. The minimum Gasteiger partial charge on any atom is -0.497 e. The number of nitrogens with zero attached hydrogens (tertiary/aromatic N) is 3. The largest absolute Gasteiger partial charge is 0.497 e. The fourth-order valence-corrected chi connectivity index (χ4v) is 3.70. The second-order valence-corrected chi connectivity index (χ2v) is 6.88. The number of aromatic nitrogens is 2. The smallest absolute Gasteiger partial charge is 0.262 e. The predicted molar refractivity (Wildman–Crippen MR) is 109 cm³/mol. The van der Waals surface area contributed by atoms with Crippen LogP contribution in [0.25, 0.3) is 11.4 Å². The number of ether oxygens (including phenoxy) is 3. The van der Waals surface area contributed by atoms with E-state index in [1.165, 1.54) is 14.2 Å². The van der Waals surface area contributed by atoms with E-state index in [0.717, 1.165) is 24.2 Å². The van der Waals surface area contributed by atoms with E-state index in [0.29, 0.717) is 35.3 Å². The van der Waals surface area contributed by atoms with Crippen LogP contribution >= 0.6 is 0 Å². The molecule has 4 rings (SSSR count). The predicted octanol–water partition coefficient (Wildman–Crippen LogP) is 3.74. The summed E-state index contributed by atoms with van der Waals surface area (Å²) in [7, 11) is 4.68. The number of carbonyl (C=O) groups excluding carboxylic acids is 1. The molecule has 1 atom stereocenters. The van der Waals surface area contributed by atoms with Crippen molar-refractivity contribution in [1.29, 1.82) is 0 Å². The Bertz CT molecular complexity index is 1010. The number of hydrogen-bond acceptors (Lipinski definition) is 7. The Morgan fingerprint density at radius 3 is 2.37 bits per heavy atom. The van der Waals surface area contributed by atoms with Gasteiger partial charge in [-0.15, -0.1) is 0 Å². The van der Waals surface area contributed by atoms with Gasteiger partial charge in [-0.3, -0.25) is 4.79 Å². The van der Waals surface area contributed by atoms with Crippen LogP contribution in [0.15, 0.2) is 47.0 Å². The van der Waals surface area contributed by atoms with E-state index >= 15 is 0 Å². The van der Waals surface area contributed by atoms with Gasteiger partial charge in [0.05, 0.1) is 21.3 Å². The van der Waals surface area contributed by atoms with Gasteiger partial charge in [0.25, 0.3) is 5.91 Å². The first-order chi connectivity index (χ1) is 14.7. The van der Waals surface area contributed by atoms with E-state index in [1.807, 2.05) is 24.3 Å². The molecule has 1 aliphatic heterocycles. The Kier molecular flexibility index (Phi) is 5.56. The third kappa shape index (κ3) is 3.56. The van der Waals surface area contributed by atoms with Gasteiger partial charge in [0.15, 0.2) is 0 Å². The van der Waals surface area contributed by atoms with Crippen LogP contribution in [0.1, 0.15) is 35.1 Å². The van der Waals surface area contributed by atoms with Gasteiger partial charge >= 0.3 is 0 Å². The molecule has 1 unspecified atom stereocenters. The summed E-state index contributed by atoms with van der Waals surface area (Å²) < 4.78 is 21.5. The van der Waals surface area contributed by atoms with Crippen molar-refractivity contribution in [3.05, 3.63) is 53.9 Å². The second-order valence-electron chi connectivity index (χ2n) is 6.88. The average Bonchev–Trinajstić information content (AvgIpc) is 3.47. The minimum absolute atomic E-state index is 0.184. The molecule has 3 aromatic rings. The Labute approximate surface area is 174 Å². The molecule has 1 aliphatic rings. The molecule has 0 bridgehead atoms. The van der Waals surface area contributed by atoms with Gasteiger partial charge in [-0.1, -0.05) is 11.2 Å². The van der Waals surface area contributed by atoms with E-state index in [1.54, 1.807) is 30.2 Å². The molecule has 1 amide bonds. The van der Waals surface area contributed by atoms with Crippen LogP contribution in [0.4, 0.5) is 0 Å². The van der Waals surface area contributed by atoms with Crippen LogP contribution in [-0.4, -0.2) is 48.8 Å². The molecule has 0 spiro atoms. The van der Waals surface area contributed by atoms with E-state index in [9.17, 15) is 4.79 Å². The van der Waals surface area contributed by atoms with Crippen LogP contribution in [0.3, 0.4) is 0 Å². The Morgan fingerprint density at radius 2 is 1.73 bits per heavy atom. The quantitative estimate of drug-likeness (QED) is 0.613. The molecule has 0 aliphatic carbocycles. The number of carbonyl (C=O) groups is 1. The molecule has 1 saturated heterocycles. The van der Waals surface area contributed by atoms with Crippen molar-refractivity contribution >= 4 is 5.91 Å². The molecule has 0 saturated carbocycles. The Morgan fingerprint density at radius 1 is 1.03 bits per heavy atom. The molecule has 156 valence electrons. The number of likely N-dealkylation sites (tertiary alicyclic amines) is 1. The molecule has 8 heteroatoms. The van der Waals surface area contributed by atoms with Gasteiger partial charge < -0.3 is 23.6 Å². The Hall–Kier alpha value is -3.55. The molecular formula is C22H23N3O5. The summed E-state index contributed by atoms with van der Waals surface area (Å²) in [5.74, 6) is 2.39. The van der Waals surface area contributed by atoms with E-state index in [4.69, 9.17) is 18.7 Å². The zero-order valence-electron chi connectivity index (χ0n) is 17.1. The van der Waals surface area contributed by atoms with Crippen LogP contribution < -0.4 is 14.2 Å². The minimum atomic E-state index is -0.299. The molecule has 2 aromatic carbocycles. The summed E-state index contributed by atoms with van der Waals surface area (Å²) in [5, 5.41) is 4.11. The van der Waals surface area contributed by atoms with Gasteiger partial charge in [-0.05, 0) is 49.2 Å². The van der Waals surface area contributed by atoms with Crippen molar-refractivity contribution in [2.45, 2.75) is 18.9 Å². The highest BCUT2D eigenvalue weighted by Crippen LogP contribution is 2.37. The van der Waals surface area contributed by atoms with Crippen LogP contribution in [0, 0.1) is 0 Å². The molecule has 0 N–H and O–H groups in total. The molecule has 30 heavy (non-hydrogen) atoms. The standard InChI is InChI=1S/C22H23N3O5/c1-27-15-11-9-14(10-12-15)20-23-21(30-24-20)16-6-5-13-25(16)22(26)19-17(28-2)7-4-8-18(19)29-3/h4,7-12,16H,5-6,13H2,1-3H3. The second kappa shape index (κ2) is 8.44. The Balaban J connectivity index is 1.62. The van der Waals surface area contributed by atoms with Crippen LogP contribution in [0.2, 0.25) is 0 Å². The zero-order valence-corrected chi connectivity index (χ0v) is 17.1. The zero-order chi connectivity index (χ0) is 21.1. The highest BCUT2D eigenvalue weighted by atomic mass is 16.5. The highest BCUT2D eigenvalue weighted by molar-refractivity contribution is 6.00. The third-order valence-electron chi connectivity index (χ3n) is 5.23.